The van der Waals surface area contributed by atoms with Crippen molar-refractivity contribution in [2.75, 3.05) is 6.61 Å². The van der Waals surface area contributed by atoms with Gasteiger partial charge in [-0.15, -0.1) is 11.3 Å². The fourth-order valence-corrected chi connectivity index (χ4v) is 3.18. The molecule has 3 nitrogen and oxygen atoms in total. The fourth-order valence-electron chi connectivity index (χ4n) is 1.56. The lowest BCUT2D eigenvalue weighted by Gasteiger charge is -2.36. The number of rotatable bonds is 6. The molecule has 1 aromatic heterocycles. The SMILES string of the molecule is C/C(=C\c1csc(C)n1)C(=O)CCO[Si](C)(C)C(C)(C)C. The lowest BCUT2D eigenvalue weighted by Crippen LogP contribution is -2.41. The molecule has 0 spiro atoms. The Morgan fingerprint density at radius 2 is 2.05 bits per heavy atom. The molecule has 1 aromatic rings. The van der Waals surface area contributed by atoms with E-state index in [1.54, 1.807) is 11.3 Å². The number of thiazole rings is 1. The van der Waals surface area contributed by atoms with Crippen LogP contribution in [0.15, 0.2) is 11.0 Å². The average molecular weight is 326 g/mol. The van der Waals surface area contributed by atoms with E-state index in [0.29, 0.717) is 13.0 Å². The van der Waals surface area contributed by atoms with E-state index in [1.807, 2.05) is 25.3 Å². The number of Topliss-reactive ketones (excluding diaryl/α,β-unsaturated/α-hetero) is 1. The third kappa shape index (κ3) is 5.49. The van der Waals surface area contributed by atoms with Crippen molar-refractivity contribution in [2.45, 2.75) is 59.2 Å². The molecule has 0 bridgehead atoms. The van der Waals surface area contributed by atoms with Crippen LogP contribution in [0, 0.1) is 6.92 Å². The van der Waals surface area contributed by atoms with Crippen molar-refractivity contribution in [3.63, 3.8) is 0 Å². The second-order valence-corrected chi connectivity index (χ2v) is 12.8. The number of ketones is 1. The number of carbonyl (C=O) groups excluding carboxylic acids is 1. The summed E-state index contributed by atoms with van der Waals surface area (Å²) < 4.78 is 6.05. The molecular formula is C16H27NO2SSi. The molecule has 0 saturated heterocycles. The van der Waals surface area contributed by atoms with E-state index >= 15 is 0 Å². The fraction of sp³-hybridized carbons (Fsp3) is 0.625. The van der Waals surface area contributed by atoms with Gasteiger partial charge in [-0.05, 0) is 43.6 Å². The zero-order valence-corrected chi connectivity index (χ0v) is 16.1. The standard InChI is InChI=1S/C16H27NO2SSi/c1-12(10-14-11-20-13(2)17-14)15(18)8-9-19-21(6,7)16(3,4)5/h10-11H,8-9H2,1-7H3/b12-10+. The first kappa shape index (κ1) is 18.3. The number of allylic oxidation sites excluding steroid dienone is 1. The first-order valence-corrected chi connectivity index (χ1v) is 11.1. The normalized spacial score (nSPS) is 13.6. The molecular weight excluding hydrogens is 298 g/mol. The molecule has 0 unspecified atom stereocenters. The second-order valence-electron chi connectivity index (χ2n) is 6.90. The smallest absolute Gasteiger partial charge is 0.191 e. The number of carbonyl (C=O) groups is 1. The number of hydrogen-bond donors (Lipinski definition) is 0. The summed E-state index contributed by atoms with van der Waals surface area (Å²) in [5, 5.41) is 3.17. The van der Waals surface area contributed by atoms with E-state index in [0.717, 1.165) is 16.3 Å². The Labute approximate surface area is 133 Å². The molecule has 0 aliphatic rings. The molecule has 118 valence electrons. The van der Waals surface area contributed by atoms with Gasteiger partial charge in [0.15, 0.2) is 14.1 Å². The summed E-state index contributed by atoms with van der Waals surface area (Å²) in [7, 11) is -1.76. The van der Waals surface area contributed by atoms with Crippen LogP contribution >= 0.6 is 11.3 Å². The number of nitrogens with zero attached hydrogens (tertiary/aromatic N) is 1. The lowest BCUT2D eigenvalue weighted by molar-refractivity contribution is -0.115. The van der Waals surface area contributed by atoms with Crippen LogP contribution < -0.4 is 0 Å². The van der Waals surface area contributed by atoms with Gasteiger partial charge in [0.1, 0.15) is 0 Å². The van der Waals surface area contributed by atoms with Crippen molar-refractivity contribution < 1.29 is 9.22 Å². The van der Waals surface area contributed by atoms with Crippen LogP contribution in [0.2, 0.25) is 18.1 Å². The molecule has 1 rings (SSSR count). The van der Waals surface area contributed by atoms with Gasteiger partial charge >= 0.3 is 0 Å². The van der Waals surface area contributed by atoms with Gasteiger partial charge in [0.25, 0.3) is 0 Å². The highest BCUT2D eigenvalue weighted by Gasteiger charge is 2.36. The number of hydrogen-bond acceptors (Lipinski definition) is 4. The summed E-state index contributed by atoms with van der Waals surface area (Å²) in [6, 6.07) is 0. The van der Waals surface area contributed by atoms with Crippen LogP contribution in [0.1, 0.15) is 44.8 Å². The van der Waals surface area contributed by atoms with Crippen molar-refractivity contribution >= 4 is 31.5 Å². The second kappa shape index (κ2) is 6.98. The summed E-state index contributed by atoms with van der Waals surface area (Å²) in [5.41, 5.74) is 1.62. The summed E-state index contributed by atoms with van der Waals surface area (Å²) in [4.78, 5) is 16.5. The van der Waals surface area contributed by atoms with Crippen molar-refractivity contribution in [1.82, 2.24) is 4.98 Å². The van der Waals surface area contributed by atoms with Crippen LogP contribution in [0.25, 0.3) is 6.08 Å². The summed E-state index contributed by atoms with van der Waals surface area (Å²) in [6.07, 6.45) is 2.30. The Balaban J connectivity index is 2.53. The zero-order chi connectivity index (χ0) is 16.3. The van der Waals surface area contributed by atoms with E-state index in [-0.39, 0.29) is 10.8 Å². The first-order valence-electron chi connectivity index (χ1n) is 7.30. The predicted molar refractivity (Wildman–Crippen MR) is 93.3 cm³/mol. The lowest BCUT2D eigenvalue weighted by atomic mass is 10.1. The third-order valence-corrected chi connectivity index (χ3v) is 9.37. The molecule has 0 radical (unpaired) electrons. The molecule has 0 aliphatic carbocycles. The highest BCUT2D eigenvalue weighted by atomic mass is 32.1. The van der Waals surface area contributed by atoms with Crippen molar-refractivity contribution in [3.8, 4) is 0 Å². The molecule has 21 heavy (non-hydrogen) atoms. The van der Waals surface area contributed by atoms with E-state index in [1.165, 1.54) is 0 Å². The average Bonchev–Trinajstić information content (AvgIpc) is 2.72. The van der Waals surface area contributed by atoms with E-state index in [2.05, 4.69) is 38.8 Å². The Bertz CT molecular complexity index is 527. The molecule has 0 saturated carbocycles. The van der Waals surface area contributed by atoms with Gasteiger partial charge in [0.2, 0.25) is 0 Å². The molecule has 5 heteroatoms. The molecule has 0 fully saturated rings. The largest absolute Gasteiger partial charge is 0.416 e. The van der Waals surface area contributed by atoms with Gasteiger partial charge in [-0.2, -0.15) is 0 Å². The summed E-state index contributed by atoms with van der Waals surface area (Å²) in [6.45, 7) is 15.4. The minimum Gasteiger partial charge on any atom is -0.416 e. The van der Waals surface area contributed by atoms with Crippen LogP contribution in [0.5, 0.6) is 0 Å². The molecule has 1 heterocycles. The topological polar surface area (TPSA) is 39.2 Å². The molecule has 0 aliphatic heterocycles. The van der Waals surface area contributed by atoms with E-state index < -0.39 is 8.32 Å². The highest BCUT2D eigenvalue weighted by Crippen LogP contribution is 2.36. The van der Waals surface area contributed by atoms with Gasteiger partial charge < -0.3 is 4.43 Å². The Hall–Kier alpha value is -0.783. The van der Waals surface area contributed by atoms with E-state index in [4.69, 9.17) is 4.43 Å². The number of aryl methyl sites for hydroxylation is 1. The van der Waals surface area contributed by atoms with Gasteiger partial charge in [-0.25, -0.2) is 4.98 Å². The monoisotopic (exact) mass is 325 g/mol. The van der Waals surface area contributed by atoms with Crippen LogP contribution in [0.4, 0.5) is 0 Å². The zero-order valence-electron chi connectivity index (χ0n) is 14.2. The van der Waals surface area contributed by atoms with Crippen molar-refractivity contribution in [2.24, 2.45) is 0 Å². The Kier molecular flexibility index (Phi) is 6.08. The maximum Gasteiger partial charge on any atom is 0.191 e. The molecule has 0 aromatic carbocycles. The maximum atomic E-state index is 12.1. The van der Waals surface area contributed by atoms with Gasteiger partial charge in [-0.1, -0.05) is 20.8 Å². The van der Waals surface area contributed by atoms with Gasteiger partial charge in [0, 0.05) is 18.4 Å². The van der Waals surface area contributed by atoms with Gasteiger partial charge in [-0.3, -0.25) is 4.79 Å². The minimum absolute atomic E-state index is 0.138. The highest BCUT2D eigenvalue weighted by molar-refractivity contribution is 7.09. The van der Waals surface area contributed by atoms with Crippen LogP contribution in [-0.2, 0) is 9.22 Å². The third-order valence-electron chi connectivity index (χ3n) is 4.04. The maximum absolute atomic E-state index is 12.1. The first-order chi connectivity index (χ1) is 9.53. The van der Waals surface area contributed by atoms with Crippen LogP contribution in [0.3, 0.4) is 0 Å². The summed E-state index contributed by atoms with van der Waals surface area (Å²) >= 11 is 1.60. The summed E-state index contributed by atoms with van der Waals surface area (Å²) in [5.74, 6) is 0.138. The molecule has 0 N–H and O–H groups in total. The predicted octanol–water partition coefficient (Wildman–Crippen LogP) is 4.84. The molecule has 0 amide bonds. The van der Waals surface area contributed by atoms with Gasteiger partial charge in [0.05, 0.1) is 10.7 Å². The molecule has 0 atom stereocenters. The Morgan fingerprint density at radius 1 is 1.43 bits per heavy atom. The van der Waals surface area contributed by atoms with Crippen LogP contribution in [-0.4, -0.2) is 25.7 Å². The van der Waals surface area contributed by atoms with E-state index in [9.17, 15) is 4.79 Å². The minimum atomic E-state index is -1.76. The Morgan fingerprint density at radius 3 is 2.52 bits per heavy atom. The van der Waals surface area contributed by atoms with Crippen molar-refractivity contribution in [1.29, 1.82) is 0 Å². The quantitative estimate of drug-likeness (QED) is 0.555. The number of aromatic nitrogens is 1. The van der Waals surface area contributed by atoms with Crippen molar-refractivity contribution in [3.05, 3.63) is 21.7 Å².